The number of carbonyl (C=O) groups excluding carboxylic acids is 1. The third kappa shape index (κ3) is 3.36. The molecule has 24 heavy (non-hydrogen) atoms. The van der Waals surface area contributed by atoms with E-state index in [9.17, 15) is 9.59 Å². The molecule has 0 bridgehead atoms. The van der Waals surface area contributed by atoms with Gasteiger partial charge in [0.2, 0.25) is 0 Å². The lowest BCUT2D eigenvalue weighted by atomic mass is 10.1. The summed E-state index contributed by atoms with van der Waals surface area (Å²) in [6, 6.07) is 18.1. The summed E-state index contributed by atoms with van der Waals surface area (Å²) >= 11 is 0. The molecule has 1 aromatic heterocycles. The molecule has 5 nitrogen and oxygen atoms in total. The van der Waals surface area contributed by atoms with Gasteiger partial charge < -0.3 is 9.72 Å². The zero-order chi connectivity index (χ0) is 16.9. The summed E-state index contributed by atoms with van der Waals surface area (Å²) in [5.41, 5.74) is 1.98. The molecule has 0 aliphatic carbocycles. The maximum atomic E-state index is 12.2. The highest BCUT2D eigenvalue weighted by Gasteiger charge is 2.21. The smallest absolute Gasteiger partial charge is 0.327 e. The molecule has 0 saturated carbocycles. The van der Waals surface area contributed by atoms with E-state index in [4.69, 9.17) is 4.74 Å². The number of H-pyrrole nitrogens is 1. The van der Waals surface area contributed by atoms with Crippen LogP contribution in [0.1, 0.15) is 17.2 Å². The second-order valence-electron chi connectivity index (χ2n) is 5.46. The van der Waals surface area contributed by atoms with Gasteiger partial charge in [-0.1, -0.05) is 48.5 Å². The predicted molar refractivity (Wildman–Crippen MR) is 92.6 cm³/mol. The first-order valence-corrected chi connectivity index (χ1v) is 7.66. The van der Waals surface area contributed by atoms with Crippen LogP contribution in [-0.4, -0.2) is 18.1 Å². The van der Waals surface area contributed by atoms with Gasteiger partial charge in [0.15, 0.2) is 0 Å². The number of rotatable bonds is 5. The third-order valence-electron chi connectivity index (χ3n) is 3.90. The number of benzene rings is 2. The van der Waals surface area contributed by atoms with Crippen molar-refractivity contribution >= 4 is 16.9 Å². The van der Waals surface area contributed by atoms with E-state index in [-0.39, 0.29) is 12.1 Å². The Bertz CT molecular complexity index is 903. The van der Waals surface area contributed by atoms with E-state index < -0.39 is 12.0 Å². The molecule has 1 heterocycles. The van der Waals surface area contributed by atoms with Gasteiger partial charge in [-0.05, 0) is 23.1 Å². The zero-order valence-corrected chi connectivity index (χ0v) is 13.3. The Balaban J connectivity index is 1.86. The number of pyridine rings is 1. The minimum Gasteiger partial charge on any atom is -0.468 e. The summed E-state index contributed by atoms with van der Waals surface area (Å²) in [5.74, 6) is -0.390. The second-order valence-corrected chi connectivity index (χ2v) is 5.46. The Kier molecular flexibility index (Phi) is 4.72. The molecule has 0 aliphatic heterocycles. The predicted octanol–water partition coefficient (Wildman–Crippen LogP) is 2.53. The Morgan fingerprint density at radius 2 is 1.83 bits per heavy atom. The molecular formula is C19H18N2O3. The van der Waals surface area contributed by atoms with Gasteiger partial charge in [-0.2, -0.15) is 0 Å². The Morgan fingerprint density at radius 3 is 2.58 bits per heavy atom. The molecule has 122 valence electrons. The van der Waals surface area contributed by atoms with Crippen LogP contribution in [0.25, 0.3) is 10.9 Å². The fraction of sp³-hybridized carbons (Fsp3) is 0.158. The zero-order valence-electron chi connectivity index (χ0n) is 13.3. The van der Waals surface area contributed by atoms with Crippen molar-refractivity contribution in [2.75, 3.05) is 7.11 Å². The van der Waals surface area contributed by atoms with Crippen molar-refractivity contribution in [3.63, 3.8) is 0 Å². The van der Waals surface area contributed by atoms with Crippen LogP contribution in [-0.2, 0) is 16.1 Å². The normalized spacial score (nSPS) is 12.0. The van der Waals surface area contributed by atoms with E-state index in [2.05, 4.69) is 10.3 Å². The van der Waals surface area contributed by atoms with Crippen LogP contribution in [0, 0.1) is 0 Å². The number of methoxy groups -OCH3 is 1. The van der Waals surface area contributed by atoms with Crippen molar-refractivity contribution < 1.29 is 9.53 Å². The minimum atomic E-state index is -0.623. The van der Waals surface area contributed by atoms with Crippen LogP contribution >= 0.6 is 0 Å². The number of aromatic amines is 1. The molecule has 0 spiro atoms. The Hall–Kier alpha value is -2.92. The van der Waals surface area contributed by atoms with Crippen LogP contribution in [0.5, 0.6) is 0 Å². The SMILES string of the molecule is COC(=O)[C@@H](NCc1cc2ccccc2[nH]c1=O)c1ccccc1. The van der Waals surface area contributed by atoms with E-state index >= 15 is 0 Å². The van der Waals surface area contributed by atoms with Crippen molar-refractivity contribution in [1.29, 1.82) is 0 Å². The number of ether oxygens (including phenoxy) is 1. The summed E-state index contributed by atoms with van der Waals surface area (Å²) in [5, 5.41) is 4.06. The number of hydrogen-bond donors (Lipinski definition) is 2. The van der Waals surface area contributed by atoms with Gasteiger partial charge in [0.1, 0.15) is 6.04 Å². The Morgan fingerprint density at radius 1 is 1.12 bits per heavy atom. The first-order valence-electron chi connectivity index (χ1n) is 7.66. The van der Waals surface area contributed by atoms with E-state index in [1.165, 1.54) is 7.11 Å². The lowest BCUT2D eigenvalue weighted by molar-refractivity contribution is -0.143. The summed E-state index contributed by atoms with van der Waals surface area (Å²) in [6.45, 7) is 0.259. The highest BCUT2D eigenvalue weighted by molar-refractivity contribution is 5.79. The number of carbonyl (C=O) groups is 1. The molecular weight excluding hydrogens is 304 g/mol. The van der Waals surface area contributed by atoms with Crippen molar-refractivity contribution in [2.45, 2.75) is 12.6 Å². The molecule has 2 N–H and O–H groups in total. The maximum Gasteiger partial charge on any atom is 0.327 e. The highest BCUT2D eigenvalue weighted by Crippen LogP contribution is 2.15. The molecule has 2 aromatic carbocycles. The first-order chi connectivity index (χ1) is 11.7. The van der Waals surface area contributed by atoms with Crippen LogP contribution in [0.4, 0.5) is 0 Å². The highest BCUT2D eigenvalue weighted by atomic mass is 16.5. The molecule has 0 saturated heterocycles. The molecule has 0 amide bonds. The van der Waals surface area contributed by atoms with Crippen molar-refractivity contribution in [1.82, 2.24) is 10.3 Å². The fourth-order valence-corrected chi connectivity index (χ4v) is 2.64. The summed E-state index contributed by atoms with van der Waals surface area (Å²) in [6.07, 6.45) is 0. The lowest BCUT2D eigenvalue weighted by Crippen LogP contribution is -2.31. The van der Waals surface area contributed by atoms with Crippen LogP contribution in [0.15, 0.2) is 65.5 Å². The third-order valence-corrected chi connectivity index (χ3v) is 3.90. The monoisotopic (exact) mass is 322 g/mol. The molecule has 1 atom stereocenters. The molecule has 0 unspecified atom stereocenters. The average molecular weight is 322 g/mol. The molecule has 0 fully saturated rings. The van der Waals surface area contributed by atoms with E-state index in [1.54, 1.807) is 0 Å². The van der Waals surface area contributed by atoms with Crippen LogP contribution < -0.4 is 10.9 Å². The summed E-state index contributed by atoms with van der Waals surface area (Å²) < 4.78 is 4.87. The second kappa shape index (κ2) is 7.10. The van der Waals surface area contributed by atoms with Gasteiger partial charge in [-0.15, -0.1) is 0 Å². The first kappa shape index (κ1) is 16.0. The van der Waals surface area contributed by atoms with Crippen molar-refractivity contribution in [3.05, 3.63) is 82.1 Å². The van der Waals surface area contributed by atoms with Crippen molar-refractivity contribution in [3.8, 4) is 0 Å². The van der Waals surface area contributed by atoms with Gasteiger partial charge in [0.05, 0.1) is 7.11 Å². The fourth-order valence-electron chi connectivity index (χ4n) is 2.64. The van der Waals surface area contributed by atoms with E-state index in [0.717, 1.165) is 16.5 Å². The number of fused-ring (bicyclic) bond motifs is 1. The molecule has 5 heteroatoms. The van der Waals surface area contributed by atoms with Crippen LogP contribution in [0.2, 0.25) is 0 Å². The van der Waals surface area contributed by atoms with Gasteiger partial charge in [0.25, 0.3) is 5.56 Å². The van der Waals surface area contributed by atoms with Crippen molar-refractivity contribution in [2.24, 2.45) is 0 Å². The lowest BCUT2D eigenvalue weighted by Gasteiger charge is -2.16. The summed E-state index contributed by atoms with van der Waals surface area (Å²) in [4.78, 5) is 27.1. The molecule has 3 rings (SSSR count). The number of para-hydroxylation sites is 1. The Labute approximate surface area is 139 Å². The standard InChI is InChI=1S/C19H18N2O3/c1-24-19(23)17(13-7-3-2-4-8-13)20-12-15-11-14-9-5-6-10-16(14)21-18(15)22/h2-11,17,20H,12H2,1H3,(H,21,22)/t17-/m0/s1. The summed E-state index contributed by atoms with van der Waals surface area (Å²) in [7, 11) is 1.35. The number of hydrogen-bond acceptors (Lipinski definition) is 4. The van der Waals surface area contributed by atoms with Crippen LogP contribution in [0.3, 0.4) is 0 Å². The number of aromatic nitrogens is 1. The average Bonchev–Trinajstić information content (AvgIpc) is 2.62. The molecule has 0 radical (unpaired) electrons. The molecule has 3 aromatic rings. The van der Waals surface area contributed by atoms with Gasteiger partial charge in [0, 0.05) is 17.6 Å². The van der Waals surface area contributed by atoms with Gasteiger partial charge in [-0.25, -0.2) is 4.79 Å². The van der Waals surface area contributed by atoms with Gasteiger partial charge in [-0.3, -0.25) is 10.1 Å². The topological polar surface area (TPSA) is 71.2 Å². The minimum absolute atomic E-state index is 0.169. The maximum absolute atomic E-state index is 12.2. The number of nitrogens with one attached hydrogen (secondary N) is 2. The largest absolute Gasteiger partial charge is 0.468 e. The van der Waals surface area contributed by atoms with Gasteiger partial charge >= 0.3 is 5.97 Å². The number of esters is 1. The van der Waals surface area contributed by atoms with E-state index in [0.29, 0.717) is 5.56 Å². The quantitative estimate of drug-likeness (QED) is 0.708. The van der Waals surface area contributed by atoms with E-state index in [1.807, 2.05) is 60.7 Å². The molecule has 0 aliphatic rings.